The number of alkyl halides is 9. The van der Waals surface area contributed by atoms with E-state index in [-0.39, 0.29) is 0 Å². The zero-order valence-electron chi connectivity index (χ0n) is 12.1. The Kier molecular flexibility index (Phi) is 6.89. The first kappa shape index (κ1) is 21.7. The Hall–Kier alpha value is -1.31. The molecule has 0 aromatic heterocycles. The summed E-state index contributed by atoms with van der Waals surface area (Å²) < 4.78 is 128. The van der Waals surface area contributed by atoms with Crippen LogP contribution in [0.1, 0.15) is 0 Å². The molecule has 25 heavy (non-hydrogen) atoms. The molecular formula is C12H11F9O3Si. The zero-order chi connectivity index (χ0) is 19.4. The third kappa shape index (κ3) is 6.16. The van der Waals surface area contributed by atoms with E-state index in [0.29, 0.717) is 12.1 Å². The Morgan fingerprint density at radius 2 is 0.960 bits per heavy atom. The number of hydrogen-bond acceptors (Lipinski definition) is 3. The van der Waals surface area contributed by atoms with Gasteiger partial charge in [0.1, 0.15) is 0 Å². The summed E-state index contributed by atoms with van der Waals surface area (Å²) >= 11 is 0. The molecule has 0 amide bonds. The summed E-state index contributed by atoms with van der Waals surface area (Å²) in [4.78, 5) is 0. The average Bonchev–Trinajstić information content (AvgIpc) is 2.54. The molecule has 0 saturated carbocycles. The summed E-state index contributed by atoms with van der Waals surface area (Å²) in [5.41, 5.74) is 0. The van der Waals surface area contributed by atoms with Crippen LogP contribution in [0.5, 0.6) is 0 Å². The van der Waals surface area contributed by atoms with E-state index in [2.05, 4.69) is 13.3 Å². The van der Waals surface area contributed by atoms with Gasteiger partial charge in [-0.1, -0.05) is 30.3 Å². The van der Waals surface area contributed by atoms with Crippen LogP contribution in [0.25, 0.3) is 0 Å². The Bertz CT molecular complexity index is 498. The normalized spacial score (nSPS) is 14.0. The van der Waals surface area contributed by atoms with E-state index >= 15 is 0 Å². The maximum atomic E-state index is 13.3. The topological polar surface area (TPSA) is 27.7 Å². The highest BCUT2D eigenvalue weighted by atomic mass is 28.4. The first-order valence-electron chi connectivity index (χ1n) is 6.38. The van der Waals surface area contributed by atoms with Gasteiger partial charge in [-0.15, -0.1) is 0 Å². The summed E-state index contributed by atoms with van der Waals surface area (Å²) in [6.45, 7) is -7.86. The molecule has 3 nitrogen and oxygen atoms in total. The van der Waals surface area contributed by atoms with Crippen LogP contribution in [0.3, 0.4) is 0 Å². The highest BCUT2D eigenvalue weighted by Crippen LogP contribution is 2.33. The van der Waals surface area contributed by atoms with Crippen molar-refractivity contribution in [2.45, 2.75) is 18.3 Å². The van der Waals surface area contributed by atoms with Crippen molar-refractivity contribution in [3.8, 4) is 0 Å². The van der Waals surface area contributed by atoms with E-state index in [0.717, 1.165) is 12.1 Å². The van der Waals surface area contributed by atoms with Gasteiger partial charge in [0, 0.05) is 5.19 Å². The second-order valence-electron chi connectivity index (χ2n) is 4.54. The van der Waals surface area contributed by atoms with E-state index in [4.69, 9.17) is 0 Å². The summed E-state index contributed by atoms with van der Waals surface area (Å²) in [6, 6.07) is 4.69. The van der Waals surface area contributed by atoms with E-state index in [1.165, 1.54) is 6.07 Å². The van der Waals surface area contributed by atoms with Gasteiger partial charge in [0.15, 0.2) is 20.0 Å². The van der Waals surface area contributed by atoms with Crippen molar-refractivity contribution < 1.29 is 52.8 Å². The van der Waals surface area contributed by atoms with Crippen molar-refractivity contribution >= 4 is 14.0 Å². The smallest absolute Gasteiger partial charge is 0.308 e. The maximum absolute atomic E-state index is 13.3. The average molecular weight is 402 g/mol. The first-order valence-corrected chi connectivity index (χ1v) is 8.11. The van der Waals surface area contributed by atoms with Gasteiger partial charge in [0.05, 0.1) is 0 Å². The predicted molar refractivity (Wildman–Crippen MR) is 67.9 cm³/mol. The van der Waals surface area contributed by atoms with Crippen LogP contribution < -0.4 is 5.19 Å². The molecule has 1 aromatic rings. The van der Waals surface area contributed by atoms with Crippen molar-refractivity contribution in [1.82, 2.24) is 0 Å². The SMILES string of the molecule is FCC(F)(F)O[Si](OC(F)(F)CF)(OC(F)(F)CF)c1ccccc1. The van der Waals surface area contributed by atoms with Crippen LogP contribution in [0, 0.1) is 0 Å². The molecular weight excluding hydrogens is 391 g/mol. The Balaban J connectivity index is 3.51. The zero-order valence-corrected chi connectivity index (χ0v) is 13.1. The van der Waals surface area contributed by atoms with Gasteiger partial charge in [0.25, 0.3) is 0 Å². The molecule has 0 aliphatic heterocycles. The highest BCUT2D eigenvalue weighted by Gasteiger charge is 2.61. The van der Waals surface area contributed by atoms with Crippen molar-refractivity contribution in [3.63, 3.8) is 0 Å². The lowest BCUT2D eigenvalue weighted by Gasteiger charge is -2.35. The van der Waals surface area contributed by atoms with Gasteiger partial charge in [-0.3, -0.25) is 0 Å². The molecule has 0 spiro atoms. The van der Waals surface area contributed by atoms with Gasteiger partial charge in [-0.05, 0) is 0 Å². The second-order valence-corrected chi connectivity index (χ2v) is 6.84. The summed E-state index contributed by atoms with van der Waals surface area (Å²) in [5, 5.41) is -0.913. The van der Waals surface area contributed by atoms with Crippen LogP contribution in [0.4, 0.5) is 39.5 Å². The third-order valence-corrected chi connectivity index (χ3v) is 5.19. The standard InChI is InChI=1S/C12H11F9O3Si/c13-6-10(16,17)22-25(23-11(18,19)7-14,24-12(20,21)8-15)9-4-2-1-3-5-9/h1-5H,6-8H2. The summed E-state index contributed by atoms with van der Waals surface area (Å²) in [7, 11) is -6.11. The number of hydrogen-bond donors (Lipinski definition) is 0. The monoisotopic (exact) mass is 402 g/mol. The van der Waals surface area contributed by atoms with Crippen LogP contribution in [-0.2, 0) is 13.3 Å². The second kappa shape index (κ2) is 7.93. The van der Waals surface area contributed by atoms with Crippen molar-refractivity contribution in [3.05, 3.63) is 30.3 Å². The molecule has 0 saturated heterocycles. The fourth-order valence-electron chi connectivity index (χ4n) is 1.55. The Morgan fingerprint density at radius 1 is 0.640 bits per heavy atom. The number of benzene rings is 1. The van der Waals surface area contributed by atoms with Gasteiger partial charge >= 0.3 is 27.1 Å². The van der Waals surface area contributed by atoms with Gasteiger partial charge in [-0.2, -0.15) is 26.3 Å². The van der Waals surface area contributed by atoms with Crippen LogP contribution in [0.2, 0.25) is 0 Å². The molecule has 0 radical (unpaired) electrons. The van der Waals surface area contributed by atoms with E-state index in [9.17, 15) is 39.5 Å². The molecule has 13 heteroatoms. The molecule has 1 aromatic carbocycles. The molecule has 0 N–H and O–H groups in total. The molecule has 144 valence electrons. The van der Waals surface area contributed by atoms with Gasteiger partial charge < -0.3 is 13.3 Å². The number of halogens is 9. The lowest BCUT2D eigenvalue weighted by Crippen LogP contribution is -2.65. The minimum absolute atomic E-state index is 0.711. The maximum Gasteiger partial charge on any atom is 0.550 e. The molecule has 0 aliphatic carbocycles. The van der Waals surface area contributed by atoms with E-state index < -0.39 is 52.3 Å². The van der Waals surface area contributed by atoms with E-state index in [1.54, 1.807) is 0 Å². The van der Waals surface area contributed by atoms with Crippen LogP contribution in [0.15, 0.2) is 30.3 Å². The summed E-state index contributed by atoms with van der Waals surface area (Å²) in [5.74, 6) is 0. The minimum atomic E-state index is -6.11. The fraction of sp³-hybridized carbons (Fsp3) is 0.500. The lowest BCUT2D eigenvalue weighted by atomic mass is 10.4. The van der Waals surface area contributed by atoms with Crippen molar-refractivity contribution in [2.75, 3.05) is 20.0 Å². The lowest BCUT2D eigenvalue weighted by molar-refractivity contribution is -0.289. The molecule has 0 aliphatic rings. The van der Waals surface area contributed by atoms with Crippen molar-refractivity contribution in [2.24, 2.45) is 0 Å². The van der Waals surface area contributed by atoms with E-state index in [1.807, 2.05) is 0 Å². The van der Waals surface area contributed by atoms with Gasteiger partial charge in [-0.25, -0.2) is 13.2 Å². The highest BCUT2D eigenvalue weighted by molar-refractivity contribution is 6.75. The van der Waals surface area contributed by atoms with Crippen molar-refractivity contribution in [1.29, 1.82) is 0 Å². The molecule has 1 rings (SSSR count). The molecule has 0 atom stereocenters. The molecule has 0 heterocycles. The van der Waals surface area contributed by atoms with Gasteiger partial charge in [0.2, 0.25) is 0 Å². The molecule has 0 fully saturated rings. The van der Waals surface area contributed by atoms with Crippen LogP contribution >= 0.6 is 0 Å². The Labute approximate surface area is 136 Å². The molecule has 0 bridgehead atoms. The first-order chi connectivity index (χ1) is 11.4. The fourth-order valence-corrected chi connectivity index (χ4v) is 3.98. The summed E-state index contributed by atoms with van der Waals surface area (Å²) in [6.07, 6.45) is -14.7. The minimum Gasteiger partial charge on any atom is -0.308 e. The van der Waals surface area contributed by atoms with Crippen LogP contribution in [-0.4, -0.2) is 47.2 Å². The predicted octanol–water partition coefficient (Wildman–Crippen LogP) is 3.57. The Morgan fingerprint density at radius 3 is 1.24 bits per heavy atom. The largest absolute Gasteiger partial charge is 0.550 e. The number of rotatable bonds is 10. The quantitative estimate of drug-likeness (QED) is 0.443. The molecule has 0 unspecified atom stereocenters. The third-order valence-electron chi connectivity index (χ3n) is 2.45.